The zero-order valence-corrected chi connectivity index (χ0v) is 13.4. The van der Waals surface area contributed by atoms with Crippen molar-refractivity contribution in [3.05, 3.63) is 71.9 Å². The molecule has 1 N–H and O–H groups in total. The van der Waals surface area contributed by atoms with Gasteiger partial charge in [0.05, 0.1) is 17.3 Å². The van der Waals surface area contributed by atoms with Crippen molar-refractivity contribution in [2.24, 2.45) is 0 Å². The molecule has 0 atom stereocenters. The largest absolute Gasteiger partial charge is 0.365 e. The van der Waals surface area contributed by atoms with E-state index in [0.717, 1.165) is 28.1 Å². The van der Waals surface area contributed by atoms with Crippen molar-refractivity contribution < 1.29 is 0 Å². The van der Waals surface area contributed by atoms with Crippen molar-refractivity contribution in [1.82, 2.24) is 24.7 Å². The summed E-state index contributed by atoms with van der Waals surface area (Å²) >= 11 is 6.07. The van der Waals surface area contributed by atoms with Crippen LogP contribution >= 0.6 is 11.6 Å². The number of benzene rings is 1. The van der Waals surface area contributed by atoms with Gasteiger partial charge in [-0.15, -0.1) is 0 Å². The zero-order chi connectivity index (χ0) is 16.4. The fourth-order valence-corrected chi connectivity index (χ4v) is 2.65. The van der Waals surface area contributed by atoms with Gasteiger partial charge in [-0.05, 0) is 29.8 Å². The van der Waals surface area contributed by atoms with E-state index >= 15 is 0 Å². The number of hydrogen-bond donors (Lipinski definition) is 1. The fraction of sp³-hybridized carbons (Fsp3) is 0.0588. The predicted molar refractivity (Wildman–Crippen MR) is 93.2 cm³/mol. The maximum atomic E-state index is 6.07. The van der Waals surface area contributed by atoms with Crippen LogP contribution in [0.1, 0.15) is 5.56 Å². The molecule has 0 saturated carbocycles. The van der Waals surface area contributed by atoms with Crippen LogP contribution in [0.5, 0.6) is 0 Å². The van der Waals surface area contributed by atoms with Crippen molar-refractivity contribution in [2.45, 2.75) is 6.54 Å². The molecule has 0 aliphatic carbocycles. The Morgan fingerprint density at radius 3 is 2.88 bits per heavy atom. The summed E-state index contributed by atoms with van der Waals surface area (Å²) in [4.78, 5) is 12.8. The van der Waals surface area contributed by atoms with Crippen LogP contribution in [0.15, 0.2) is 61.3 Å². The van der Waals surface area contributed by atoms with Crippen molar-refractivity contribution in [3.8, 4) is 5.69 Å². The molecule has 4 aromatic rings. The Morgan fingerprint density at radius 1 is 1.08 bits per heavy atom. The molecule has 4 rings (SSSR count). The summed E-state index contributed by atoms with van der Waals surface area (Å²) in [5.74, 6) is 0.733. The van der Waals surface area contributed by atoms with Crippen LogP contribution in [-0.2, 0) is 6.54 Å². The first-order valence-electron chi connectivity index (χ1n) is 7.39. The number of anilines is 1. The quantitative estimate of drug-likeness (QED) is 0.618. The monoisotopic (exact) mass is 336 g/mol. The Kier molecular flexibility index (Phi) is 3.80. The van der Waals surface area contributed by atoms with Gasteiger partial charge in [0.15, 0.2) is 5.65 Å². The smallest absolute Gasteiger partial charge is 0.168 e. The van der Waals surface area contributed by atoms with Gasteiger partial charge in [0, 0.05) is 24.0 Å². The lowest BCUT2D eigenvalue weighted by atomic mass is 10.3. The molecule has 0 aliphatic heterocycles. The number of aromatic nitrogens is 5. The van der Waals surface area contributed by atoms with Gasteiger partial charge < -0.3 is 5.32 Å². The van der Waals surface area contributed by atoms with Crippen molar-refractivity contribution in [1.29, 1.82) is 0 Å². The van der Waals surface area contributed by atoms with Gasteiger partial charge in [0.1, 0.15) is 12.1 Å². The summed E-state index contributed by atoms with van der Waals surface area (Å²) in [5, 5.41) is 9.24. The van der Waals surface area contributed by atoms with E-state index in [1.54, 1.807) is 17.1 Å². The highest BCUT2D eigenvalue weighted by Crippen LogP contribution is 2.23. The summed E-state index contributed by atoms with van der Waals surface area (Å²) < 4.78 is 1.75. The SMILES string of the molecule is Clc1cccc(-n2ncc3c(NCc4cccnc4)ncnc32)c1. The van der Waals surface area contributed by atoms with E-state index in [1.807, 2.05) is 42.6 Å². The zero-order valence-electron chi connectivity index (χ0n) is 12.6. The predicted octanol–water partition coefficient (Wildman–Crippen LogP) is 3.48. The second-order valence-corrected chi connectivity index (χ2v) is 5.65. The number of hydrogen-bond acceptors (Lipinski definition) is 5. The molecule has 0 bridgehead atoms. The van der Waals surface area contributed by atoms with E-state index in [4.69, 9.17) is 11.6 Å². The molecule has 0 saturated heterocycles. The summed E-state index contributed by atoms with van der Waals surface area (Å²) in [6.45, 7) is 0.627. The highest BCUT2D eigenvalue weighted by Gasteiger charge is 2.11. The number of pyridine rings is 1. The van der Waals surface area contributed by atoms with Gasteiger partial charge in [-0.2, -0.15) is 5.10 Å². The second kappa shape index (κ2) is 6.25. The van der Waals surface area contributed by atoms with Crippen LogP contribution < -0.4 is 5.32 Å². The molecule has 0 aliphatic rings. The van der Waals surface area contributed by atoms with Gasteiger partial charge >= 0.3 is 0 Å². The van der Waals surface area contributed by atoms with Gasteiger partial charge in [-0.25, -0.2) is 14.6 Å². The van der Waals surface area contributed by atoms with Crippen LogP contribution in [0.2, 0.25) is 5.02 Å². The van der Waals surface area contributed by atoms with Crippen LogP contribution in [0.4, 0.5) is 5.82 Å². The third kappa shape index (κ3) is 2.79. The highest BCUT2D eigenvalue weighted by molar-refractivity contribution is 6.30. The molecule has 0 radical (unpaired) electrons. The van der Waals surface area contributed by atoms with Crippen molar-refractivity contribution in [2.75, 3.05) is 5.32 Å². The lowest BCUT2D eigenvalue weighted by Crippen LogP contribution is -2.03. The van der Waals surface area contributed by atoms with Gasteiger partial charge in [-0.1, -0.05) is 23.7 Å². The maximum absolute atomic E-state index is 6.07. The third-order valence-electron chi connectivity index (χ3n) is 3.60. The molecule has 3 aromatic heterocycles. The number of rotatable bonds is 4. The fourth-order valence-electron chi connectivity index (χ4n) is 2.47. The van der Waals surface area contributed by atoms with Crippen molar-refractivity contribution in [3.63, 3.8) is 0 Å². The summed E-state index contributed by atoms with van der Waals surface area (Å²) in [7, 11) is 0. The van der Waals surface area contributed by atoms with E-state index in [2.05, 4.69) is 25.4 Å². The normalized spacial score (nSPS) is 10.9. The molecular formula is C17H13ClN6. The third-order valence-corrected chi connectivity index (χ3v) is 3.84. The minimum Gasteiger partial charge on any atom is -0.365 e. The minimum atomic E-state index is 0.627. The van der Waals surface area contributed by atoms with Crippen LogP contribution in [0, 0.1) is 0 Å². The summed E-state index contributed by atoms with van der Waals surface area (Å²) in [6.07, 6.45) is 6.85. The summed E-state index contributed by atoms with van der Waals surface area (Å²) in [6, 6.07) is 11.4. The molecule has 118 valence electrons. The van der Waals surface area contributed by atoms with E-state index in [9.17, 15) is 0 Å². The molecule has 1 aromatic carbocycles. The molecule has 0 fully saturated rings. The van der Waals surface area contributed by atoms with E-state index in [-0.39, 0.29) is 0 Å². The van der Waals surface area contributed by atoms with Gasteiger partial charge in [0.2, 0.25) is 0 Å². The maximum Gasteiger partial charge on any atom is 0.168 e. The second-order valence-electron chi connectivity index (χ2n) is 5.21. The van der Waals surface area contributed by atoms with E-state index < -0.39 is 0 Å². The number of fused-ring (bicyclic) bond motifs is 1. The Morgan fingerprint density at radius 2 is 2.04 bits per heavy atom. The van der Waals surface area contributed by atoms with E-state index in [1.165, 1.54) is 6.33 Å². The van der Waals surface area contributed by atoms with Crippen LogP contribution in [-0.4, -0.2) is 24.7 Å². The molecule has 0 amide bonds. The highest BCUT2D eigenvalue weighted by atomic mass is 35.5. The Hall–Kier alpha value is -2.99. The first kappa shape index (κ1) is 14.6. The molecule has 6 nitrogen and oxygen atoms in total. The Balaban J connectivity index is 1.69. The first-order chi connectivity index (χ1) is 11.8. The molecule has 0 spiro atoms. The van der Waals surface area contributed by atoms with Gasteiger partial charge in [-0.3, -0.25) is 4.98 Å². The summed E-state index contributed by atoms with van der Waals surface area (Å²) in [5.41, 5.74) is 2.65. The molecular weight excluding hydrogens is 324 g/mol. The average Bonchev–Trinajstić information content (AvgIpc) is 3.05. The molecule has 0 unspecified atom stereocenters. The molecule has 3 heterocycles. The van der Waals surface area contributed by atoms with Crippen LogP contribution in [0.3, 0.4) is 0 Å². The van der Waals surface area contributed by atoms with Gasteiger partial charge in [0.25, 0.3) is 0 Å². The number of halogens is 1. The average molecular weight is 337 g/mol. The van der Waals surface area contributed by atoms with E-state index in [0.29, 0.717) is 11.6 Å². The topological polar surface area (TPSA) is 68.5 Å². The Labute approximate surface area is 143 Å². The van der Waals surface area contributed by atoms with Crippen molar-refractivity contribution >= 4 is 28.5 Å². The molecule has 24 heavy (non-hydrogen) atoms. The standard InChI is InChI=1S/C17H13ClN6/c18-13-4-1-5-14(7-13)24-17-15(10-23-24)16(21-11-22-17)20-9-12-3-2-6-19-8-12/h1-8,10-11H,9H2,(H,20,21,22). The molecule has 7 heteroatoms. The van der Waals surface area contributed by atoms with Crippen LogP contribution in [0.25, 0.3) is 16.7 Å². The minimum absolute atomic E-state index is 0.627. The first-order valence-corrected chi connectivity index (χ1v) is 7.76. The lowest BCUT2D eigenvalue weighted by molar-refractivity contribution is 0.895. The number of nitrogens with zero attached hydrogens (tertiary/aromatic N) is 5. The Bertz CT molecular complexity index is 983. The lowest BCUT2D eigenvalue weighted by Gasteiger charge is -2.07. The number of nitrogens with one attached hydrogen (secondary N) is 1.